The van der Waals surface area contributed by atoms with E-state index in [1.165, 1.54) is 0 Å². The number of aromatic nitrogens is 5. The smallest absolute Gasteiger partial charge is 0.163 e. The van der Waals surface area contributed by atoms with Gasteiger partial charge in [-0.25, -0.2) is 15.0 Å². The predicted octanol–water partition coefficient (Wildman–Crippen LogP) is 0.320. The van der Waals surface area contributed by atoms with Crippen LogP contribution in [-0.4, -0.2) is 31.3 Å². The molecule has 0 saturated heterocycles. The molecule has 0 fully saturated rings. The summed E-state index contributed by atoms with van der Waals surface area (Å²) < 4.78 is 1.79. The Bertz CT molecular complexity index is 559. The van der Waals surface area contributed by atoms with Gasteiger partial charge in [0.25, 0.3) is 0 Å². The second-order valence-corrected chi connectivity index (χ2v) is 4.17. The summed E-state index contributed by atoms with van der Waals surface area (Å²) in [7, 11) is 0. The van der Waals surface area contributed by atoms with Gasteiger partial charge in [0.2, 0.25) is 0 Å². The number of rotatable bonds is 1. The first kappa shape index (κ1) is 10.3. The van der Waals surface area contributed by atoms with E-state index in [1.807, 2.05) is 13.8 Å². The molecule has 0 unspecified atom stereocenters. The van der Waals surface area contributed by atoms with Crippen molar-refractivity contribution >= 4 is 0 Å². The summed E-state index contributed by atoms with van der Waals surface area (Å²) in [5, 5.41) is 7.71. The molecule has 2 aromatic heterocycles. The van der Waals surface area contributed by atoms with E-state index in [9.17, 15) is 0 Å². The average molecular weight is 230 g/mol. The zero-order valence-electron chi connectivity index (χ0n) is 9.93. The molecule has 0 radical (unpaired) electrons. The Labute approximate surface area is 99.1 Å². The van der Waals surface area contributed by atoms with Crippen LogP contribution in [0.3, 0.4) is 0 Å². The molecule has 0 bridgehead atoms. The molecule has 3 heterocycles. The zero-order chi connectivity index (χ0) is 11.8. The van der Waals surface area contributed by atoms with Gasteiger partial charge in [-0.05, 0) is 13.8 Å². The van der Waals surface area contributed by atoms with Gasteiger partial charge in [-0.3, -0.25) is 0 Å². The van der Waals surface area contributed by atoms with Crippen LogP contribution in [-0.2, 0) is 13.0 Å². The normalized spacial score (nSPS) is 14.7. The highest BCUT2D eigenvalue weighted by Crippen LogP contribution is 2.18. The number of nitrogens with one attached hydrogen (secondary N) is 1. The van der Waals surface area contributed by atoms with Crippen molar-refractivity contribution in [1.82, 2.24) is 30.0 Å². The Balaban J connectivity index is 2.17. The van der Waals surface area contributed by atoms with Gasteiger partial charge in [0, 0.05) is 25.1 Å². The first-order valence-electron chi connectivity index (χ1n) is 5.70. The molecule has 6 nitrogen and oxygen atoms in total. The van der Waals surface area contributed by atoms with Crippen LogP contribution < -0.4 is 5.32 Å². The third kappa shape index (κ3) is 1.70. The summed E-state index contributed by atoms with van der Waals surface area (Å²) in [5.74, 6) is 2.47. The lowest BCUT2D eigenvalue weighted by molar-refractivity contribution is 0.614. The maximum atomic E-state index is 4.38. The number of hydrogen-bond acceptors (Lipinski definition) is 5. The Hall–Kier alpha value is -1.82. The van der Waals surface area contributed by atoms with Gasteiger partial charge in [0.1, 0.15) is 18.0 Å². The predicted molar refractivity (Wildman–Crippen MR) is 61.8 cm³/mol. The second kappa shape index (κ2) is 3.89. The van der Waals surface area contributed by atoms with Crippen LogP contribution in [0.25, 0.3) is 5.82 Å². The van der Waals surface area contributed by atoms with Gasteiger partial charge in [0.15, 0.2) is 5.82 Å². The molecule has 17 heavy (non-hydrogen) atoms. The monoisotopic (exact) mass is 230 g/mol. The van der Waals surface area contributed by atoms with Crippen molar-refractivity contribution in [3.63, 3.8) is 0 Å². The van der Waals surface area contributed by atoms with Crippen molar-refractivity contribution in [3.8, 4) is 5.82 Å². The van der Waals surface area contributed by atoms with Gasteiger partial charge in [0.05, 0.1) is 5.69 Å². The molecule has 0 atom stereocenters. The third-order valence-electron chi connectivity index (χ3n) is 2.93. The summed E-state index contributed by atoms with van der Waals surface area (Å²) in [6, 6.07) is 0. The molecule has 0 aliphatic carbocycles. The minimum absolute atomic E-state index is 0.763. The van der Waals surface area contributed by atoms with Crippen LogP contribution in [0.15, 0.2) is 6.33 Å². The fourth-order valence-electron chi connectivity index (χ4n) is 2.16. The van der Waals surface area contributed by atoms with E-state index in [0.29, 0.717) is 0 Å². The van der Waals surface area contributed by atoms with Crippen LogP contribution in [0, 0.1) is 13.8 Å². The molecule has 0 spiro atoms. The Morgan fingerprint density at radius 2 is 2.18 bits per heavy atom. The zero-order valence-corrected chi connectivity index (χ0v) is 9.93. The second-order valence-electron chi connectivity index (χ2n) is 4.17. The van der Waals surface area contributed by atoms with E-state index in [4.69, 9.17) is 0 Å². The lowest BCUT2D eigenvalue weighted by atomic mass is 10.1. The van der Waals surface area contributed by atoms with E-state index < -0.39 is 0 Å². The average Bonchev–Trinajstić information content (AvgIpc) is 2.68. The van der Waals surface area contributed by atoms with Crippen molar-refractivity contribution < 1.29 is 0 Å². The lowest BCUT2D eigenvalue weighted by Gasteiger charge is -2.18. The molecular formula is C11H14N6. The SMILES string of the molecule is Cc1nc(C)n(-c2ncnc3c2CNCC3)n1. The maximum absolute atomic E-state index is 4.38. The van der Waals surface area contributed by atoms with Crippen LogP contribution in [0.4, 0.5) is 0 Å². The molecule has 6 heteroatoms. The number of aryl methyl sites for hydroxylation is 2. The van der Waals surface area contributed by atoms with Crippen molar-refractivity contribution in [2.75, 3.05) is 6.54 Å². The first-order chi connectivity index (χ1) is 8.25. The number of fused-ring (bicyclic) bond motifs is 1. The standard InChI is InChI=1S/C11H14N6/c1-7-15-8(2)17(16-7)11-9-5-12-4-3-10(9)13-6-14-11/h6,12H,3-5H2,1-2H3. The fourth-order valence-corrected chi connectivity index (χ4v) is 2.16. The van der Waals surface area contributed by atoms with Gasteiger partial charge < -0.3 is 5.32 Å². The van der Waals surface area contributed by atoms with E-state index >= 15 is 0 Å². The van der Waals surface area contributed by atoms with Gasteiger partial charge >= 0.3 is 0 Å². The third-order valence-corrected chi connectivity index (χ3v) is 2.93. The van der Waals surface area contributed by atoms with Crippen LogP contribution in [0.2, 0.25) is 0 Å². The summed E-state index contributed by atoms with van der Waals surface area (Å²) in [6.07, 6.45) is 2.55. The summed E-state index contributed by atoms with van der Waals surface area (Å²) in [4.78, 5) is 13.0. The highest BCUT2D eigenvalue weighted by molar-refractivity contribution is 5.37. The molecule has 1 N–H and O–H groups in total. The molecule has 88 valence electrons. The quantitative estimate of drug-likeness (QED) is 0.764. The first-order valence-corrected chi connectivity index (χ1v) is 5.70. The Morgan fingerprint density at radius 3 is 2.94 bits per heavy atom. The number of nitrogens with zero attached hydrogens (tertiary/aromatic N) is 5. The molecule has 0 amide bonds. The minimum Gasteiger partial charge on any atom is -0.312 e. The molecule has 2 aromatic rings. The highest BCUT2D eigenvalue weighted by Gasteiger charge is 2.18. The van der Waals surface area contributed by atoms with Gasteiger partial charge in [-0.15, -0.1) is 5.10 Å². The van der Waals surface area contributed by atoms with Crippen molar-refractivity contribution in [1.29, 1.82) is 0 Å². The van der Waals surface area contributed by atoms with Crippen molar-refractivity contribution in [2.45, 2.75) is 26.8 Å². The summed E-state index contributed by atoms with van der Waals surface area (Å²) in [5.41, 5.74) is 2.24. The van der Waals surface area contributed by atoms with E-state index in [0.717, 1.165) is 48.2 Å². The number of hydrogen-bond donors (Lipinski definition) is 1. The maximum Gasteiger partial charge on any atom is 0.163 e. The molecule has 0 saturated carbocycles. The van der Waals surface area contributed by atoms with Crippen molar-refractivity contribution in [3.05, 3.63) is 29.2 Å². The molecular weight excluding hydrogens is 216 g/mol. The van der Waals surface area contributed by atoms with Crippen LogP contribution >= 0.6 is 0 Å². The van der Waals surface area contributed by atoms with Crippen LogP contribution in [0.5, 0.6) is 0 Å². The largest absolute Gasteiger partial charge is 0.312 e. The summed E-state index contributed by atoms with van der Waals surface area (Å²) in [6.45, 7) is 5.59. The Morgan fingerprint density at radius 1 is 1.29 bits per heavy atom. The van der Waals surface area contributed by atoms with Crippen molar-refractivity contribution in [2.24, 2.45) is 0 Å². The van der Waals surface area contributed by atoms with E-state index in [-0.39, 0.29) is 0 Å². The van der Waals surface area contributed by atoms with E-state index in [2.05, 4.69) is 25.4 Å². The molecule has 3 rings (SSSR count). The van der Waals surface area contributed by atoms with Crippen LogP contribution in [0.1, 0.15) is 22.9 Å². The topological polar surface area (TPSA) is 68.5 Å². The summed E-state index contributed by atoms with van der Waals surface area (Å²) >= 11 is 0. The van der Waals surface area contributed by atoms with Gasteiger partial charge in [-0.2, -0.15) is 4.68 Å². The Kier molecular flexibility index (Phi) is 2.36. The molecule has 1 aliphatic rings. The van der Waals surface area contributed by atoms with E-state index in [1.54, 1.807) is 11.0 Å². The molecule has 1 aliphatic heterocycles. The lowest BCUT2D eigenvalue weighted by Crippen LogP contribution is -2.27. The molecule has 0 aromatic carbocycles. The minimum atomic E-state index is 0.763. The highest BCUT2D eigenvalue weighted by atomic mass is 15.4. The fraction of sp³-hybridized carbons (Fsp3) is 0.455. The van der Waals surface area contributed by atoms with Gasteiger partial charge in [-0.1, -0.05) is 0 Å².